The molecule has 0 radical (unpaired) electrons. The first-order valence-corrected chi connectivity index (χ1v) is 13.3. The van der Waals surface area contributed by atoms with Crippen molar-refractivity contribution in [3.63, 3.8) is 0 Å². The molecule has 0 amide bonds. The summed E-state index contributed by atoms with van der Waals surface area (Å²) in [6.45, 7) is 4.97. The predicted molar refractivity (Wildman–Crippen MR) is 142 cm³/mol. The zero-order valence-electron chi connectivity index (χ0n) is 19.1. The molecule has 10 nitrogen and oxygen atoms in total. The Balaban J connectivity index is 1.57. The van der Waals surface area contributed by atoms with Crippen LogP contribution >= 0.6 is 22.6 Å². The number of halogens is 1. The Morgan fingerprint density at radius 3 is 2.46 bits per heavy atom. The molecule has 2 heterocycles. The molecule has 1 aromatic heterocycles. The van der Waals surface area contributed by atoms with Crippen LogP contribution in [0.1, 0.15) is 17.0 Å². The van der Waals surface area contributed by atoms with E-state index in [0.29, 0.717) is 13.2 Å². The van der Waals surface area contributed by atoms with E-state index in [-0.39, 0.29) is 29.4 Å². The number of nitro groups is 1. The molecule has 184 valence electrons. The minimum atomic E-state index is -3.86. The summed E-state index contributed by atoms with van der Waals surface area (Å²) in [6, 6.07) is 13.9. The summed E-state index contributed by atoms with van der Waals surface area (Å²) in [4.78, 5) is 10.9. The summed E-state index contributed by atoms with van der Waals surface area (Å²) in [5, 5.41) is 15.9. The lowest BCUT2D eigenvalue weighted by atomic mass is 10.2. The second-order valence-corrected chi connectivity index (χ2v) is 11.1. The SMILES string of the molecule is Cc1cc(/C=N/Nc2ccc(S(=O)(=O)N3CCOCC3)cc2[N+](=O)[O-])c(C)n1-c1ccc(I)cc1. The maximum atomic E-state index is 12.9. The maximum Gasteiger partial charge on any atom is 0.295 e. The van der Waals surface area contributed by atoms with E-state index in [2.05, 4.69) is 37.7 Å². The Morgan fingerprint density at radius 1 is 1.11 bits per heavy atom. The van der Waals surface area contributed by atoms with Gasteiger partial charge in [0.2, 0.25) is 10.0 Å². The molecule has 0 atom stereocenters. The van der Waals surface area contributed by atoms with Gasteiger partial charge in [0.1, 0.15) is 5.69 Å². The number of anilines is 1. The molecule has 0 bridgehead atoms. The molecule has 12 heteroatoms. The van der Waals surface area contributed by atoms with Crippen LogP contribution in [-0.4, -0.2) is 54.7 Å². The fourth-order valence-corrected chi connectivity index (χ4v) is 5.72. The smallest absolute Gasteiger partial charge is 0.295 e. The third-order valence-electron chi connectivity index (χ3n) is 5.72. The summed E-state index contributed by atoms with van der Waals surface area (Å²) >= 11 is 2.26. The summed E-state index contributed by atoms with van der Waals surface area (Å²) < 4.78 is 35.5. The van der Waals surface area contributed by atoms with Crippen molar-refractivity contribution < 1.29 is 18.1 Å². The molecule has 1 aliphatic rings. The van der Waals surface area contributed by atoms with E-state index in [1.54, 1.807) is 6.21 Å². The van der Waals surface area contributed by atoms with Crippen molar-refractivity contribution in [3.8, 4) is 5.69 Å². The van der Waals surface area contributed by atoms with E-state index in [1.807, 2.05) is 44.2 Å². The summed E-state index contributed by atoms with van der Waals surface area (Å²) in [6.07, 6.45) is 1.59. The van der Waals surface area contributed by atoms with E-state index in [9.17, 15) is 18.5 Å². The van der Waals surface area contributed by atoms with Crippen molar-refractivity contribution in [2.75, 3.05) is 31.7 Å². The second-order valence-electron chi connectivity index (χ2n) is 7.96. The van der Waals surface area contributed by atoms with Crippen LogP contribution in [0.15, 0.2) is 58.5 Å². The number of hydrogen-bond acceptors (Lipinski definition) is 7. The maximum absolute atomic E-state index is 12.9. The van der Waals surface area contributed by atoms with Crippen molar-refractivity contribution in [1.82, 2.24) is 8.87 Å². The van der Waals surface area contributed by atoms with Crippen LogP contribution < -0.4 is 5.43 Å². The van der Waals surface area contributed by atoms with Crippen LogP contribution in [0.4, 0.5) is 11.4 Å². The van der Waals surface area contributed by atoms with Crippen molar-refractivity contribution in [2.24, 2.45) is 5.10 Å². The Hall–Kier alpha value is -2.81. The van der Waals surface area contributed by atoms with E-state index in [1.165, 1.54) is 16.4 Å². The van der Waals surface area contributed by atoms with Crippen LogP contribution in [0.25, 0.3) is 5.69 Å². The number of hydrogen-bond donors (Lipinski definition) is 1. The number of aromatic nitrogens is 1. The number of benzene rings is 2. The van der Waals surface area contributed by atoms with Gasteiger partial charge in [-0.2, -0.15) is 9.41 Å². The lowest BCUT2D eigenvalue weighted by molar-refractivity contribution is -0.384. The van der Waals surface area contributed by atoms with Crippen LogP contribution in [-0.2, 0) is 14.8 Å². The number of rotatable bonds is 7. The first-order valence-electron chi connectivity index (χ1n) is 10.8. The third kappa shape index (κ3) is 5.39. The molecule has 3 aromatic rings. The summed E-state index contributed by atoms with van der Waals surface area (Å²) in [5.74, 6) is 0. The van der Waals surface area contributed by atoms with Crippen molar-refractivity contribution >= 4 is 50.2 Å². The Morgan fingerprint density at radius 2 is 1.80 bits per heavy atom. The monoisotopic (exact) mass is 609 g/mol. The molecule has 35 heavy (non-hydrogen) atoms. The number of nitrogens with one attached hydrogen (secondary N) is 1. The van der Waals surface area contributed by atoms with Gasteiger partial charge >= 0.3 is 0 Å². The predicted octanol–water partition coefficient (Wildman–Crippen LogP) is 4.07. The number of sulfonamides is 1. The largest absolute Gasteiger partial charge is 0.379 e. The molecule has 1 N–H and O–H groups in total. The zero-order chi connectivity index (χ0) is 25.2. The van der Waals surface area contributed by atoms with Gasteiger partial charge in [0.05, 0.1) is 29.2 Å². The number of hydrazone groups is 1. The molecule has 1 aliphatic heterocycles. The number of ether oxygens (including phenoxy) is 1. The fourth-order valence-electron chi connectivity index (χ4n) is 3.93. The minimum absolute atomic E-state index is 0.0959. The first kappa shape index (κ1) is 25.3. The van der Waals surface area contributed by atoms with Crippen LogP contribution in [0.2, 0.25) is 0 Å². The van der Waals surface area contributed by atoms with Gasteiger partial charge in [0.25, 0.3) is 5.69 Å². The van der Waals surface area contributed by atoms with Gasteiger partial charge in [-0.3, -0.25) is 15.5 Å². The highest BCUT2D eigenvalue weighted by atomic mass is 127. The van der Waals surface area contributed by atoms with Gasteiger partial charge < -0.3 is 9.30 Å². The average Bonchev–Trinajstić information content (AvgIpc) is 3.13. The van der Waals surface area contributed by atoms with E-state index in [0.717, 1.165) is 32.3 Å². The summed E-state index contributed by atoms with van der Waals surface area (Å²) in [7, 11) is -3.86. The van der Waals surface area contributed by atoms with Crippen LogP contribution in [0.5, 0.6) is 0 Å². The molecule has 0 unspecified atom stereocenters. The van der Waals surface area contributed by atoms with Crippen LogP contribution in [0.3, 0.4) is 0 Å². The minimum Gasteiger partial charge on any atom is -0.379 e. The second kappa shape index (κ2) is 10.4. The quantitative estimate of drug-likeness (QED) is 0.187. The van der Waals surface area contributed by atoms with E-state index in [4.69, 9.17) is 4.74 Å². The highest BCUT2D eigenvalue weighted by Crippen LogP contribution is 2.29. The van der Waals surface area contributed by atoms with Gasteiger partial charge in [0.15, 0.2) is 0 Å². The molecule has 1 fully saturated rings. The van der Waals surface area contributed by atoms with Crippen molar-refractivity contribution in [2.45, 2.75) is 18.7 Å². The topological polar surface area (TPSA) is 119 Å². The van der Waals surface area contributed by atoms with E-state index < -0.39 is 14.9 Å². The number of morpholine rings is 1. The van der Waals surface area contributed by atoms with E-state index >= 15 is 0 Å². The molecule has 0 spiro atoms. The lowest BCUT2D eigenvalue weighted by Crippen LogP contribution is -2.40. The molecular formula is C23H24IN5O5S. The normalized spacial score (nSPS) is 14.9. The standard InChI is InChI=1S/C23H24IN5O5S/c1-16-13-18(17(2)28(16)20-5-3-19(24)4-6-20)15-25-26-22-8-7-21(14-23(22)29(30)31)35(32,33)27-9-11-34-12-10-27/h3-8,13-15,26H,9-12H2,1-2H3/b25-15+. The molecule has 2 aromatic carbocycles. The highest BCUT2D eigenvalue weighted by molar-refractivity contribution is 14.1. The van der Waals surface area contributed by atoms with Crippen molar-refractivity contribution in [3.05, 3.63) is 79.2 Å². The molecule has 0 aliphatic carbocycles. The van der Waals surface area contributed by atoms with Gasteiger partial charge in [-0.15, -0.1) is 0 Å². The number of aryl methyl sites for hydroxylation is 1. The lowest BCUT2D eigenvalue weighted by Gasteiger charge is -2.26. The Labute approximate surface area is 216 Å². The molecule has 1 saturated heterocycles. The van der Waals surface area contributed by atoms with Gasteiger partial charge in [0, 0.05) is 45.4 Å². The number of nitrogens with zero attached hydrogens (tertiary/aromatic N) is 4. The average molecular weight is 609 g/mol. The fraction of sp³-hybridized carbons (Fsp3) is 0.261. The van der Waals surface area contributed by atoms with Gasteiger partial charge in [-0.05, 0) is 78.9 Å². The van der Waals surface area contributed by atoms with Crippen molar-refractivity contribution in [1.29, 1.82) is 0 Å². The third-order valence-corrected chi connectivity index (χ3v) is 8.33. The van der Waals surface area contributed by atoms with Gasteiger partial charge in [-0.1, -0.05) is 0 Å². The number of nitro benzene ring substituents is 1. The Bertz CT molecular complexity index is 1380. The zero-order valence-corrected chi connectivity index (χ0v) is 22.1. The molecular weight excluding hydrogens is 585 g/mol. The molecule has 4 rings (SSSR count). The highest BCUT2D eigenvalue weighted by Gasteiger charge is 2.28. The first-order chi connectivity index (χ1) is 16.7. The summed E-state index contributed by atoms with van der Waals surface area (Å²) in [5.41, 5.74) is 6.28. The molecule has 0 saturated carbocycles. The van der Waals surface area contributed by atoms with Gasteiger partial charge in [-0.25, -0.2) is 8.42 Å². The van der Waals surface area contributed by atoms with Crippen LogP contribution in [0, 0.1) is 27.5 Å². The Kier molecular flexibility index (Phi) is 7.54.